The zero-order chi connectivity index (χ0) is 19.2. The van der Waals surface area contributed by atoms with Gasteiger partial charge in [-0.1, -0.05) is 12.1 Å². The van der Waals surface area contributed by atoms with Gasteiger partial charge in [0.25, 0.3) is 11.5 Å². The minimum absolute atomic E-state index is 0.135. The molecule has 27 heavy (non-hydrogen) atoms. The smallest absolute Gasteiger partial charge is 0.262 e. The molecule has 1 aromatic carbocycles. The lowest BCUT2D eigenvalue weighted by Gasteiger charge is -2.08. The molecule has 8 heteroatoms. The molecular weight excluding hydrogens is 364 g/mol. The number of amides is 2. The summed E-state index contributed by atoms with van der Waals surface area (Å²) >= 11 is 1.41. The first kappa shape index (κ1) is 18.8. The molecule has 0 atom stereocenters. The van der Waals surface area contributed by atoms with Crippen LogP contribution < -0.4 is 16.2 Å². The van der Waals surface area contributed by atoms with Crippen LogP contribution in [0.4, 0.5) is 0 Å². The van der Waals surface area contributed by atoms with Crippen molar-refractivity contribution in [2.45, 2.75) is 26.4 Å². The molecule has 0 saturated carbocycles. The van der Waals surface area contributed by atoms with E-state index in [2.05, 4.69) is 15.6 Å². The van der Waals surface area contributed by atoms with Gasteiger partial charge >= 0.3 is 0 Å². The third-order valence-corrected chi connectivity index (χ3v) is 4.87. The first-order valence-electron chi connectivity index (χ1n) is 8.65. The Balaban J connectivity index is 1.55. The molecule has 7 nitrogen and oxygen atoms in total. The van der Waals surface area contributed by atoms with Gasteiger partial charge in [0.05, 0.1) is 11.7 Å². The molecule has 0 aliphatic rings. The zero-order valence-electron chi connectivity index (χ0n) is 14.9. The van der Waals surface area contributed by atoms with Gasteiger partial charge in [-0.2, -0.15) is 0 Å². The zero-order valence-corrected chi connectivity index (χ0v) is 15.7. The summed E-state index contributed by atoms with van der Waals surface area (Å²) < 4.78 is 1.45. The number of carbonyl (C=O) groups excluding carboxylic acids is 2. The van der Waals surface area contributed by atoms with Gasteiger partial charge in [0.15, 0.2) is 0 Å². The highest BCUT2D eigenvalue weighted by Crippen LogP contribution is 2.13. The van der Waals surface area contributed by atoms with Crippen LogP contribution in [0.1, 0.15) is 29.3 Å². The maximum Gasteiger partial charge on any atom is 0.262 e. The number of fused-ring (bicyclic) bond motifs is 1. The van der Waals surface area contributed by atoms with E-state index in [0.717, 1.165) is 5.56 Å². The number of rotatable bonds is 7. The van der Waals surface area contributed by atoms with E-state index in [4.69, 9.17) is 0 Å². The molecule has 0 aliphatic heterocycles. The van der Waals surface area contributed by atoms with Gasteiger partial charge in [0, 0.05) is 31.6 Å². The second-order valence-corrected chi connectivity index (χ2v) is 6.86. The van der Waals surface area contributed by atoms with Crippen LogP contribution in [0.15, 0.2) is 46.8 Å². The van der Waals surface area contributed by atoms with Crippen molar-refractivity contribution >= 4 is 33.4 Å². The largest absolute Gasteiger partial charge is 0.352 e. The maximum atomic E-state index is 12.3. The molecule has 140 valence electrons. The lowest BCUT2D eigenvalue weighted by molar-refractivity contribution is -0.121. The van der Waals surface area contributed by atoms with Crippen LogP contribution in [-0.4, -0.2) is 27.9 Å². The fourth-order valence-electron chi connectivity index (χ4n) is 2.65. The molecule has 0 radical (unpaired) electrons. The van der Waals surface area contributed by atoms with Gasteiger partial charge in [-0.3, -0.25) is 19.0 Å². The fourth-order valence-corrected chi connectivity index (χ4v) is 3.37. The highest BCUT2D eigenvalue weighted by Gasteiger charge is 2.08. The summed E-state index contributed by atoms with van der Waals surface area (Å²) in [7, 11) is 0. The van der Waals surface area contributed by atoms with Gasteiger partial charge in [-0.25, -0.2) is 4.98 Å². The standard InChI is InChI=1S/C19H20N4O3S/c1-2-20-17(25)14-5-3-4-13(10-14)11-21-16(24)6-8-23-12-22-18-15(19(23)26)7-9-27-18/h3-5,7,9-10,12H,2,6,8,11H2,1H3,(H,20,25)(H,21,24). The number of aryl methyl sites for hydroxylation is 1. The Bertz CT molecular complexity index is 1020. The van der Waals surface area contributed by atoms with Crippen molar-refractivity contribution in [3.63, 3.8) is 0 Å². The monoisotopic (exact) mass is 384 g/mol. The van der Waals surface area contributed by atoms with Crippen LogP contribution in [0.3, 0.4) is 0 Å². The Labute approximate surface area is 160 Å². The van der Waals surface area contributed by atoms with E-state index < -0.39 is 0 Å². The molecule has 3 aromatic rings. The van der Waals surface area contributed by atoms with Gasteiger partial charge in [-0.05, 0) is 36.1 Å². The van der Waals surface area contributed by atoms with Crippen LogP contribution >= 0.6 is 11.3 Å². The molecule has 0 fully saturated rings. The molecule has 0 saturated heterocycles. The Morgan fingerprint density at radius 1 is 1.22 bits per heavy atom. The number of hydrogen-bond donors (Lipinski definition) is 2. The van der Waals surface area contributed by atoms with Crippen molar-refractivity contribution in [2.24, 2.45) is 0 Å². The topological polar surface area (TPSA) is 93.1 Å². The number of aromatic nitrogens is 2. The van der Waals surface area contributed by atoms with E-state index >= 15 is 0 Å². The van der Waals surface area contributed by atoms with Gasteiger partial charge < -0.3 is 10.6 Å². The van der Waals surface area contributed by atoms with Crippen LogP contribution in [0.2, 0.25) is 0 Å². The third-order valence-electron chi connectivity index (χ3n) is 4.05. The predicted molar refractivity (Wildman–Crippen MR) is 105 cm³/mol. The molecule has 2 N–H and O–H groups in total. The average molecular weight is 384 g/mol. The summed E-state index contributed by atoms with van der Waals surface area (Å²) in [5.41, 5.74) is 1.26. The number of thiophene rings is 1. The van der Waals surface area contributed by atoms with Crippen LogP contribution in [0.5, 0.6) is 0 Å². The van der Waals surface area contributed by atoms with E-state index in [1.54, 1.807) is 24.3 Å². The molecule has 0 spiro atoms. The Morgan fingerprint density at radius 3 is 2.89 bits per heavy atom. The lowest BCUT2D eigenvalue weighted by Crippen LogP contribution is -2.27. The quantitative estimate of drug-likeness (QED) is 0.651. The van der Waals surface area contributed by atoms with E-state index in [1.165, 1.54) is 22.2 Å². The highest BCUT2D eigenvalue weighted by atomic mass is 32.1. The third kappa shape index (κ3) is 4.59. The van der Waals surface area contributed by atoms with Crippen molar-refractivity contribution in [3.8, 4) is 0 Å². The molecule has 0 aliphatic carbocycles. The average Bonchev–Trinajstić information content (AvgIpc) is 3.16. The van der Waals surface area contributed by atoms with Crippen molar-refractivity contribution in [3.05, 3.63) is 63.5 Å². The van der Waals surface area contributed by atoms with E-state index in [9.17, 15) is 14.4 Å². The molecule has 0 unspecified atom stereocenters. The first-order chi connectivity index (χ1) is 13.1. The van der Waals surface area contributed by atoms with Gasteiger partial charge in [0.1, 0.15) is 4.83 Å². The van der Waals surface area contributed by atoms with E-state index in [0.29, 0.717) is 28.9 Å². The number of carbonyl (C=O) groups is 2. The summed E-state index contributed by atoms with van der Waals surface area (Å²) in [4.78, 5) is 41.2. The molecule has 2 amide bonds. The Hall–Kier alpha value is -3.00. The van der Waals surface area contributed by atoms with E-state index in [-0.39, 0.29) is 30.3 Å². The number of benzene rings is 1. The van der Waals surface area contributed by atoms with Crippen molar-refractivity contribution in [2.75, 3.05) is 6.54 Å². The Morgan fingerprint density at radius 2 is 2.07 bits per heavy atom. The van der Waals surface area contributed by atoms with Crippen LogP contribution in [-0.2, 0) is 17.9 Å². The van der Waals surface area contributed by atoms with E-state index in [1.807, 2.05) is 18.4 Å². The van der Waals surface area contributed by atoms with Crippen LogP contribution in [0, 0.1) is 0 Å². The summed E-state index contributed by atoms with van der Waals surface area (Å²) in [5.74, 6) is -0.308. The minimum Gasteiger partial charge on any atom is -0.352 e. The summed E-state index contributed by atoms with van der Waals surface area (Å²) in [5, 5.41) is 7.96. The summed E-state index contributed by atoms with van der Waals surface area (Å²) in [6.07, 6.45) is 1.65. The van der Waals surface area contributed by atoms with Gasteiger partial charge in [0.2, 0.25) is 5.91 Å². The lowest BCUT2D eigenvalue weighted by atomic mass is 10.1. The molecular formula is C19H20N4O3S. The normalized spacial score (nSPS) is 10.7. The highest BCUT2D eigenvalue weighted by molar-refractivity contribution is 7.16. The second kappa shape index (κ2) is 8.59. The Kier molecular flexibility index (Phi) is 5.97. The van der Waals surface area contributed by atoms with Crippen molar-refractivity contribution in [1.82, 2.24) is 20.2 Å². The fraction of sp³-hybridized carbons (Fsp3) is 0.263. The number of hydrogen-bond acceptors (Lipinski definition) is 5. The maximum absolute atomic E-state index is 12.3. The molecule has 3 rings (SSSR count). The first-order valence-corrected chi connectivity index (χ1v) is 9.53. The molecule has 2 heterocycles. The summed E-state index contributed by atoms with van der Waals surface area (Å²) in [6.45, 7) is 3.01. The molecule has 0 bridgehead atoms. The predicted octanol–water partition coefficient (Wildman–Crippen LogP) is 1.91. The van der Waals surface area contributed by atoms with Crippen LogP contribution in [0.25, 0.3) is 10.2 Å². The van der Waals surface area contributed by atoms with Crippen molar-refractivity contribution in [1.29, 1.82) is 0 Å². The van der Waals surface area contributed by atoms with Gasteiger partial charge in [-0.15, -0.1) is 11.3 Å². The minimum atomic E-state index is -0.171. The summed E-state index contributed by atoms with van der Waals surface area (Å²) in [6, 6.07) is 8.86. The SMILES string of the molecule is CCNC(=O)c1cccc(CNC(=O)CCn2cnc3sccc3c2=O)c1. The van der Waals surface area contributed by atoms with Crippen molar-refractivity contribution < 1.29 is 9.59 Å². The molecule has 2 aromatic heterocycles. The number of nitrogens with zero attached hydrogens (tertiary/aromatic N) is 2. The second-order valence-electron chi connectivity index (χ2n) is 5.97. The number of nitrogens with one attached hydrogen (secondary N) is 2.